The number of esters is 4. The highest BCUT2D eigenvalue weighted by Gasteiger charge is 2.66. The van der Waals surface area contributed by atoms with E-state index in [1.807, 2.05) is 0 Å². The van der Waals surface area contributed by atoms with Crippen LogP contribution in [0.4, 0.5) is 0 Å². The van der Waals surface area contributed by atoms with Crippen LogP contribution in [0.5, 0.6) is 0 Å². The van der Waals surface area contributed by atoms with Crippen LogP contribution in [0.25, 0.3) is 0 Å². The van der Waals surface area contributed by atoms with E-state index in [2.05, 4.69) is 60.3 Å². The normalized spacial score (nSPS) is 22.0. The summed E-state index contributed by atoms with van der Waals surface area (Å²) in [5, 5.41) is 0. The zero-order valence-corrected chi connectivity index (χ0v) is 50.8. The van der Waals surface area contributed by atoms with Crippen LogP contribution in [-0.4, -0.2) is 94.3 Å². The van der Waals surface area contributed by atoms with Crippen molar-refractivity contribution in [2.45, 2.75) is 299 Å². The minimum atomic E-state index is -0.493. The molecule has 11 nitrogen and oxygen atoms in total. The number of carbonyl (C=O) groups excluding carboxylic acids is 4. The number of hydrogen-bond acceptors (Lipinski definition) is 11. The van der Waals surface area contributed by atoms with Gasteiger partial charge in [0.15, 0.2) is 6.29 Å². The quantitative estimate of drug-likeness (QED) is 0.0250. The molecule has 4 saturated carbocycles. The molecule has 4 bridgehead atoms. The van der Waals surface area contributed by atoms with Gasteiger partial charge in [-0.2, -0.15) is 0 Å². The lowest BCUT2D eigenvalue weighted by molar-refractivity contribution is -0.189. The minimum Gasteiger partial charge on any atom is -0.465 e. The molecule has 0 N–H and O–H groups in total. The van der Waals surface area contributed by atoms with Crippen molar-refractivity contribution >= 4 is 23.9 Å². The van der Waals surface area contributed by atoms with Gasteiger partial charge in [-0.15, -0.1) is 0 Å². The molecule has 4 fully saturated rings. The van der Waals surface area contributed by atoms with Crippen molar-refractivity contribution in [3.05, 3.63) is 0 Å². The third kappa shape index (κ3) is 26.8. The van der Waals surface area contributed by atoms with Crippen LogP contribution < -0.4 is 0 Å². The molecule has 4 rings (SSSR count). The van der Waals surface area contributed by atoms with Crippen molar-refractivity contribution in [2.75, 3.05) is 59.3 Å². The smallest absolute Gasteiger partial charge is 0.306 e. The summed E-state index contributed by atoms with van der Waals surface area (Å²) in [5.41, 5.74) is -1.79. The maximum Gasteiger partial charge on any atom is 0.306 e. The fourth-order valence-electron chi connectivity index (χ4n) is 14.0. The Morgan fingerprint density at radius 3 is 1.11 bits per heavy atom. The zero-order chi connectivity index (χ0) is 55.4. The molecule has 0 aliphatic heterocycles. The molecule has 0 aromatic carbocycles. The Labute approximate surface area is 466 Å². The van der Waals surface area contributed by atoms with E-state index in [4.69, 9.17) is 28.4 Å². The molecule has 0 aromatic rings. The van der Waals surface area contributed by atoms with Gasteiger partial charge in [-0.3, -0.25) is 19.2 Å². The highest BCUT2D eigenvalue weighted by atomic mass is 16.7. The fraction of sp³-hybridized carbons (Fsp3) is 0.938. The van der Waals surface area contributed by atoms with Crippen LogP contribution in [0.2, 0.25) is 0 Å². The number of ether oxygens (including phenoxy) is 6. The number of carbonyl (C=O) groups is 4. The average molecular weight is 1070 g/mol. The predicted molar refractivity (Wildman–Crippen MR) is 309 cm³/mol. The van der Waals surface area contributed by atoms with Crippen LogP contribution in [0.3, 0.4) is 0 Å². The van der Waals surface area contributed by atoms with Gasteiger partial charge in [-0.25, -0.2) is 0 Å². The van der Waals surface area contributed by atoms with Gasteiger partial charge in [0.2, 0.25) is 0 Å². The van der Waals surface area contributed by atoms with E-state index >= 15 is 0 Å². The number of nitrogens with zero attached hydrogens (tertiary/aromatic N) is 1. The van der Waals surface area contributed by atoms with E-state index in [1.165, 1.54) is 38.5 Å². The van der Waals surface area contributed by atoms with E-state index in [0.717, 1.165) is 187 Å². The van der Waals surface area contributed by atoms with Crippen LogP contribution in [0.15, 0.2) is 0 Å². The fourth-order valence-corrected chi connectivity index (χ4v) is 14.0. The van der Waals surface area contributed by atoms with Gasteiger partial charge in [-0.05, 0) is 121 Å². The van der Waals surface area contributed by atoms with Crippen molar-refractivity contribution in [1.82, 2.24) is 4.90 Å². The molecule has 444 valence electrons. The molecule has 76 heavy (non-hydrogen) atoms. The maximum absolute atomic E-state index is 14.2. The van der Waals surface area contributed by atoms with Gasteiger partial charge in [0.25, 0.3) is 0 Å². The third-order valence-corrected chi connectivity index (χ3v) is 17.8. The molecular formula is C65H119NO10. The standard InChI is InChI=1S/C65H119NO10/c1-9-17-23-29-42-71-61(72-43-30-24-18-10-2)38-37-58(68)74-53-64-46-62(51-73-57(67)36-31-41-66(15-7)16-8)39-40-63(48-64,52-75-59(69)44-55(32-25-19-11-3)33-26-20-12-4)49-65(47-62,50-64)54-76-60(70)45-56(34-27-21-13-5)35-28-22-14-6/h55-56,61H,9-54H2,1-8H3. The zero-order valence-electron chi connectivity index (χ0n) is 50.8. The second-order valence-electron chi connectivity index (χ2n) is 25.1. The number of fused-ring (bicyclic) bond motifs is 1. The lowest BCUT2D eigenvalue weighted by Gasteiger charge is -2.60. The SMILES string of the molecule is CCCCCCOC(CCC(=O)OCC12CC3(COC(=O)CCCN(CC)CC)CCC(COC(=O)CC(CCCCC)CCCCC)(C1)CC(COC(=O)CC(CCCCC)CCCCC)(C3)C2)OCCCCCC. The summed E-state index contributed by atoms with van der Waals surface area (Å²) < 4.78 is 38.4. The number of unbranched alkanes of at least 4 members (excludes halogenated alkanes) is 14. The van der Waals surface area contributed by atoms with Crippen LogP contribution in [0.1, 0.15) is 293 Å². The van der Waals surface area contributed by atoms with Crippen molar-refractivity contribution in [2.24, 2.45) is 33.5 Å². The molecule has 11 heteroatoms. The Hall–Kier alpha value is -2.24. The second-order valence-corrected chi connectivity index (χ2v) is 25.1. The molecule has 0 spiro atoms. The molecule has 4 aliphatic carbocycles. The molecule has 0 amide bonds. The van der Waals surface area contributed by atoms with E-state index in [1.54, 1.807) is 0 Å². The Balaban J connectivity index is 1.97. The van der Waals surface area contributed by atoms with Gasteiger partial charge >= 0.3 is 23.9 Å². The lowest BCUT2D eigenvalue weighted by Crippen LogP contribution is -2.56. The van der Waals surface area contributed by atoms with E-state index < -0.39 is 27.9 Å². The Morgan fingerprint density at radius 1 is 0.382 bits per heavy atom. The predicted octanol–water partition coefficient (Wildman–Crippen LogP) is 16.6. The largest absolute Gasteiger partial charge is 0.465 e. The molecule has 0 aromatic heterocycles. The lowest BCUT2D eigenvalue weighted by atomic mass is 9.46. The number of rotatable bonds is 49. The first kappa shape index (κ1) is 68.0. The van der Waals surface area contributed by atoms with E-state index in [-0.39, 0.29) is 50.1 Å². The van der Waals surface area contributed by atoms with Gasteiger partial charge < -0.3 is 33.3 Å². The van der Waals surface area contributed by atoms with Gasteiger partial charge in [0.1, 0.15) is 0 Å². The van der Waals surface area contributed by atoms with Crippen LogP contribution in [-0.2, 0) is 47.6 Å². The first-order chi connectivity index (χ1) is 36.8. The summed E-state index contributed by atoms with van der Waals surface area (Å²) in [5.74, 6) is -0.0759. The highest BCUT2D eigenvalue weighted by Crippen LogP contribution is 2.71. The van der Waals surface area contributed by atoms with Crippen molar-refractivity contribution in [1.29, 1.82) is 0 Å². The minimum absolute atomic E-state index is 0.118. The molecule has 0 heterocycles. The highest BCUT2D eigenvalue weighted by molar-refractivity contribution is 5.71. The summed E-state index contributed by atoms with van der Waals surface area (Å²) in [7, 11) is 0. The molecule has 4 aliphatic rings. The first-order valence-corrected chi connectivity index (χ1v) is 32.4. The summed E-state index contributed by atoms with van der Waals surface area (Å²) >= 11 is 0. The summed E-state index contributed by atoms with van der Waals surface area (Å²) in [6, 6.07) is 0. The van der Waals surface area contributed by atoms with E-state index in [0.29, 0.717) is 57.3 Å². The Kier molecular flexibility index (Phi) is 35.1. The monoisotopic (exact) mass is 1070 g/mol. The summed E-state index contributed by atoms with van der Waals surface area (Å²) in [6.07, 6.45) is 34.2. The molecular weight excluding hydrogens is 955 g/mol. The van der Waals surface area contributed by atoms with Gasteiger partial charge in [0.05, 0.1) is 32.8 Å². The topological polar surface area (TPSA) is 127 Å². The van der Waals surface area contributed by atoms with Crippen LogP contribution >= 0.6 is 0 Å². The molecule has 4 unspecified atom stereocenters. The number of hydrogen-bond donors (Lipinski definition) is 0. The van der Waals surface area contributed by atoms with Crippen LogP contribution in [0, 0.1) is 33.5 Å². The summed E-state index contributed by atoms with van der Waals surface area (Å²) in [6.45, 7) is 22.6. The van der Waals surface area contributed by atoms with Crippen molar-refractivity contribution in [3.8, 4) is 0 Å². The average Bonchev–Trinajstić information content (AvgIpc) is 3.61. The third-order valence-electron chi connectivity index (χ3n) is 17.8. The van der Waals surface area contributed by atoms with E-state index in [9.17, 15) is 19.2 Å². The van der Waals surface area contributed by atoms with Crippen molar-refractivity contribution in [3.63, 3.8) is 0 Å². The molecule has 0 radical (unpaired) electrons. The molecule has 0 saturated heterocycles. The summed E-state index contributed by atoms with van der Waals surface area (Å²) in [4.78, 5) is 58.3. The van der Waals surface area contributed by atoms with Gasteiger partial charge in [-0.1, -0.05) is 171 Å². The second kappa shape index (κ2) is 39.2. The van der Waals surface area contributed by atoms with Crippen molar-refractivity contribution < 1.29 is 47.6 Å². The first-order valence-electron chi connectivity index (χ1n) is 32.4. The molecule has 4 atom stereocenters. The Morgan fingerprint density at radius 2 is 0.724 bits per heavy atom. The van der Waals surface area contributed by atoms with Gasteiger partial charge in [0, 0.05) is 60.6 Å². The Bertz CT molecular complexity index is 1520. The maximum atomic E-state index is 14.2.